The maximum absolute atomic E-state index is 12.1. The molecule has 1 unspecified atom stereocenters. The van der Waals surface area contributed by atoms with Crippen LogP contribution in [0.2, 0.25) is 0 Å². The number of nitrogens with two attached hydrogens (primary N) is 1. The lowest BCUT2D eigenvalue weighted by Gasteiger charge is -2.18. The summed E-state index contributed by atoms with van der Waals surface area (Å²) >= 11 is 0. The van der Waals surface area contributed by atoms with Crippen LogP contribution in [0.15, 0.2) is 42.5 Å². The average molecular weight is 270 g/mol. The monoisotopic (exact) mass is 270 g/mol. The quantitative estimate of drug-likeness (QED) is 0.907. The highest BCUT2D eigenvalue weighted by Crippen LogP contribution is 2.16. The van der Waals surface area contributed by atoms with Gasteiger partial charge in [-0.15, -0.1) is 0 Å². The Labute approximate surface area is 120 Å². The number of hydrogen-bond donors (Lipinski definition) is 1. The van der Waals surface area contributed by atoms with Gasteiger partial charge in [0.15, 0.2) is 0 Å². The maximum atomic E-state index is 12.1. The second kappa shape index (κ2) is 6.53. The highest BCUT2D eigenvalue weighted by molar-refractivity contribution is 5.85. The van der Waals surface area contributed by atoms with Gasteiger partial charge < -0.3 is 10.6 Å². The Bertz CT molecular complexity index is 592. The average Bonchev–Trinajstić information content (AvgIpc) is 2.44. The Hall–Kier alpha value is -1.87. The van der Waals surface area contributed by atoms with Crippen molar-refractivity contribution in [2.45, 2.75) is 25.8 Å². The van der Waals surface area contributed by atoms with Crippen LogP contribution in [0.1, 0.15) is 18.9 Å². The van der Waals surface area contributed by atoms with E-state index < -0.39 is 0 Å². The van der Waals surface area contributed by atoms with E-state index in [4.69, 9.17) is 5.73 Å². The molecular formula is C17H22N2O. The zero-order valence-electron chi connectivity index (χ0n) is 12.2. The fourth-order valence-electron chi connectivity index (χ4n) is 2.18. The van der Waals surface area contributed by atoms with Gasteiger partial charge in [0.25, 0.3) is 0 Å². The molecule has 2 aromatic rings. The van der Waals surface area contributed by atoms with E-state index in [1.54, 1.807) is 4.90 Å². The molecule has 3 heteroatoms. The van der Waals surface area contributed by atoms with Crippen LogP contribution in [0.3, 0.4) is 0 Å². The van der Waals surface area contributed by atoms with E-state index in [2.05, 4.69) is 24.3 Å². The van der Waals surface area contributed by atoms with Crippen molar-refractivity contribution in [1.29, 1.82) is 0 Å². The van der Waals surface area contributed by atoms with Gasteiger partial charge in [-0.05, 0) is 29.7 Å². The molecular weight excluding hydrogens is 248 g/mol. The van der Waals surface area contributed by atoms with Gasteiger partial charge >= 0.3 is 0 Å². The molecule has 0 bridgehead atoms. The van der Waals surface area contributed by atoms with Crippen LogP contribution in [-0.2, 0) is 11.2 Å². The summed E-state index contributed by atoms with van der Waals surface area (Å²) in [6, 6.07) is 14.5. The minimum Gasteiger partial charge on any atom is -0.345 e. The molecule has 2 N–H and O–H groups in total. The second-order valence-corrected chi connectivity index (χ2v) is 5.44. The third kappa shape index (κ3) is 3.81. The highest BCUT2D eigenvalue weighted by Gasteiger charge is 2.10. The summed E-state index contributed by atoms with van der Waals surface area (Å²) in [5, 5.41) is 2.38. The number of carbonyl (C=O) groups excluding carboxylic acids is 1. The summed E-state index contributed by atoms with van der Waals surface area (Å²) in [5.74, 6) is 0.140. The lowest BCUT2D eigenvalue weighted by molar-refractivity contribution is -0.129. The van der Waals surface area contributed by atoms with Crippen molar-refractivity contribution >= 4 is 16.7 Å². The third-order valence-corrected chi connectivity index (χ3v) is 3.51. The molecule has 0 saturated carbocycles. The molecule has 1 atom stereocenters. The van der Waals surface area contributed by atoms with Crippen molar-refractivity contribution in [3.05, 3.63) is 48.0 Å². The third-order valence-electron chi connectivity index (χ3n) is 3.51. The maximum Gasteiger partial charge on any atom is 0.226 e. The predicted octanol–water partition coefficient (Wildman–Crippen LogP) is 2.58. The van der Waals surface area contributed by atoms with Crippen LogP contribution < -0.4 is 5.73 Å². The van der Waals surface area contributed by atoms with Crippen LogP contribution in [0.5, 0.6) is 0 Å². The van der Waals surface area contributed by atoms with Crippen LogP contribution >= 0.6 is 0 Å². The largest absolute Gasteiger partial charge is 0.345 e. The fraction of sp³-hybridized carbons (Fsp3) is 0.353. The van der Waals surface area contributed by atoms with Crippen LogP contribution in [0.4, 0.5) is 0 Å². The minimum absolute atomic E-state index is 0.130. The van der Waals surface area contributed by atoms with E-state index in [1.165, 1.54) is 10.8 Å². The molecule has 0 fully saturated rings. The number of hydrogen-bond acceptors (Lipinski definition) is 2. The van der Waals surface area contributed by atoms with Gasteiger partial charge in [0.1, 0.15) is 0 Å². The number of likely N-dealkylation sites (N-methyl/N-ethyl adjacent to an activating group) is 1. The van der Waals surface area contributed by atoms with Crippen molar-refractivity contribution < 1.29 is 4.79 Å². The molecule has 0 aliphatic rings. The summed E-state index contributed by atoms with van der Waals surface area (Å²) in [5.41, 5.74) is 6.77. The van der Waals surface area contributed by atoms with E-state index in [9.17, 15) is 4.79 Å². The molecule has 0 radical (unpaired) electrons. The first-order valence-corrected chi connectivity index (χ1v) is 7.03. The Kier molecular flexibility index (Phi) is 4.74. The molecule has 2 aromatic carbocycles. The van der Waals surface area contributed by atoms with E-state index in [0.717, 1.165) is 12.0 Å². The summed E-state index contributed by atoms with van der Waals surface area (Å²) < 4.78 is 0. The molecule has 106 valence electrons. The van der Waals surface area contributed by atoms with E-state index in [-0.39, 0.29) is 11.9 Å². The first-order valence-electron chi connectivity index (χ1n) is 7.03. The molecule has 0 aromatic heterocycles. The number of fused-ring (bicyclic) bond motifs is 1. The number of rotatable bonds is 5. The minimum atomic E-state index is 0.130. The number of carbonyl (C=O) groups is 1. The first-order chi connectivity index (χ1) is 9.56. The van der Waals surface area contributed by atoms with Gasteiger partial charge in [0.2, 0.25) is 5.91 Å². The Balaban J connectivity index is 2.02. The molecule has 20 heavy (non-hydrogen) atoms. The molecule has 3 nitrogen and oxygen atoms in total. The fourth-order valence-corrected chi connectivity index (χ4v) is 2.18. The summed E-state index contributed by atoms with van der Waals surface area (Å²) in [6.45, 7) is 2.67. The van der Waals surface area contributed by atoms with E-state index in [1.807, 2.05) is 32.2 Å². The molecule has 0 spiro atoms. The predicted molar refractivity (Wildman–Crippen MR) is 83.6 cm³/mol. The number of amides is 1. The van der Waals surface area contributed by atoms with E-state index in [0.29, 0.717) is 13.0 Å². The zero-order valence-corrected chi connectivity index (χ0v) is 12.2. The van der Waals surface area contributed by atoms with Crippen LogP contribution in [0.25, 0.3) is 10.8 Å². The lowest BCUT2D eigenvalue weighted by Crippen LogP contribution is -2.32. The molecule has 0 heterocycles. The molecule has 2 rings (SSSR count). The molecule has 0 aliphatic carbocycles. The van der Waals surface area contributed by atoms with Gasteiger partial charge in [-0.2, -0.15) is 0 Å². The smallest absolute Gasteiger partial charge is 0.226 e. The van der Waals surface area contributed by atoms with Crippen LogP contribution in [0, 0.1) is 0 Å². The van der Waals surface area contributed by atoms with Gasteiger partial charge in [-0.25, -0.2) is 0 Å². The first kappa shape index (κ1) is 14.5. The Morgan fingerprint density at radius 2 is 1.90 bits per heavy atom. The summed E-state index contributed by atoms with van der Waals surface area (Å²) in [4.78, 5) is 13.9. The summed E-state index contributed by atoms with van der Waals surface area (Å²) in [6.07, 6.45) is 1.28. The Morgan fingerprint density at radius 1 is 1.20 bits per heavy atom. The second-order valence-electron chi connectivity index (χ2n) is 5.44. The lowest BCUT2D eigenvalue weighted by atomic mass is 10.0. The molecule has 0 saturated heterocycles. The van der Waals surface area contributed by atoms with Gasteiger partial charge in [0.05, 0.1) is 6.42 Å². The van der Waals surface area contributed by atoms with Crippen LogP contribution in [-0.4, -0.2) is 30.4 Å². The highest BCUT2D eigenvalue weighted by atomic mass is 16.2. The van der Waals surface area contributed by atoms with Crippen molar-refractivity contribution in [2.75, 3.05) is 13.6 Å². The molecule has 1 amide bonds. The van der Waals surface area contributed by atoms with Gasteiger partial charge in [0, 0.05) is 19.6 Å². The van der Waals surface area contributed by atoms with Gasteiger partial charge in [-0.1, -0.05) is 42.5 Å². The summed E-state index contributed by atoms with van der Waals surface area (Å²) in [7, 11) is 1.84. The standard InChI is InChI=1S/C17H22N2O/c1-13(18)9-10-19(2)17(20)12-14-7-8-15-5-3-4-6-16(15)11-14/h3-8,11,13H,9-10,12,18H2,1-2H3. The Morgan fingerprint density at radius 3 is 2.60 bits per heavy atom. The SMILES string of the molecule is CC(N)CCN(C)C(=O)Cc1ccc2ccccc2c1. The van der Waals surface area contributed by atoms with E-state index >= 15 is 0 Å². The van der Waals surface area contributed by atoms with Crippen molar-refractivity contribution in [1.82, 2.24) is 4.90 Å². The topological polar surface area (TPSA) is 46.3 Å². The molecule has 0 aliphatic heterocycles. The van der Waals surface area contributed by atoms with Crippen molar-refractivity contribution in [3.8, 4) is 0 Å². The van der Waals surface area contributed by atoms with Gasteiger partial charge in [-0.3, -0.25) is 4.79 Å². The number of nitrogens with zero attached hydrogens (tertiary/aromatic N) is 1. The number of benzene rings is 2. The normalized spacial score (nSPS) is 12.3. The van der Waals surface area contributed by atoms with Crippen molar-refractivity contribution in [3.63, 3.8) is 0 Å². The van der Waals surface area contributed by atoms with Crippen molar-refractivity contribution in [2.24, 2.45) is 5.73 Å². The zero-order chi connectivity index (χ0) is 14.5.